The van der Waals surface area contributed by atoms with Gasteiger partial charge in [-0.25, -0.2) is 0 Å². The molecule has 0 aliphatic carbocycles. The van der Waals surface area contributed by atoms with Crippen molar-refractivity contribution in [3.8, 4) is 0 Å². The molecule has 0 bridgehead atoms. The molecule has 2 heterocycles. The van der Waals surface area contributed by atoms with Crippen LogP contribution in [0.1, 0.15) is 19.3 Å². The molecule has 3 heteroatoms. The van der Waals surface area contributed by atoms with Gasteiger partial charge in [0, 0.05) is 0 Å². The smallest absolute Gasteiger partial charge is 0.182 e. The molecule has 0 unspecified atom stereocenters. The quantitative estimate of drug-likeness (QED) is 0.480. The van der Waals surface area contributed by atoms with Crippen LogP contribution in [0.25, 0.3) is 0 Å². The first kappa shape index (κ1) is 8.58. The van der Waals surface area contributed by atoms with Gasteiger partial charge in [-0.2, -0.15) is 0 Å². The molecule has 12 heavy (non-hydrogen) atoms. The van der Waals surface area contributed by atoms with E-state index in [1.807, 2.05) is 4.81 Å². The zero-order valence-electron chi connectivity index (χ0n) is 7.92. The summed E-state index contributed by atoms with van der Waals surface area (Å²) in [4.78, 5) is 4.41. The standard InChI is InChI=1S/C9H17BN2/c1-11-5-2-9(3-6-11)4-7-12(10)8-9/h2-8H2,1H3. The maximum absolute atomic E-state index is 5.79. The summed E-state index contributed by atoms with van der Waals surface area (Å²) < 4.78 is 0. The minimum atomic E-state index is 0.585. The van der Waals surface area contributed by atoms with Gasteiger partial charge in [0.25, 0.3) is 0 Å². The zero-order chi connectivity index (χ0) is 8.60. The van der Waals surface area contributed by atoms with Crippen LogP contribution in [-0.4, -0.2) is 50.9 Å². The normalized spacial score (nSPS) is 31.4. The molecule has 0 amide bonds. The van der Waals surface area contributed by atoms with Crippen LogP contribution in [0.3, 0.4) is 0 Å². The maximum atomic E-state index is 5.79. The SMILES string of the molecule is [B]N1CCC2(CCN(C)CC2)C1. The maximum Gasteiger partial charge on any atom is 0.182 e. The molecule has 2 aliphatic heterocycles. The summed E-state index contributed by atoms with van der Waals surface area (Å²) in [7, 11) is 8.00. The first-order valence-electron chi connectivity index (χ1n) is 4.88. The topological polar surface area (TPSA) is 6.48 Å². The Balaban J connectivity index is 1.95. The minimum Gasteiger partial charge on any atom is -0.353 e. The largest absolute Gasteiger partial charge is 0.353 e. The second-order valence-electron chi connectivity index (χ2n) is 4.52. The predicted octanol–water partition coefficient (Wildman–Crippen LogP) is 0.488. The van der Waals surface area contributed by atoms with Crippen LogP contribution in [0.4, 0.5) is 0 Å². The number of piperidine rings is 1. The summed E-state index contributed by atoms with van der Waals surface area (Å²) in [5, 5.41) is 0. The van der Waals surface area contributed by atoms with E-state index in [4.69, 9.17) is 7.98 Å². The molecular weight excluding hydrogens is 147 g/mol. The first-order chi connectivity index (χ1) is 5.70. The van der Waals surface area contributed by atoms with Crippen LogP contribution in [0.2, 0.25) is 0 Å². The van der Waals surface area contributed by atoms with E-state index in [2.05, 4.69) is 11.9 Å². The first-order valence-corrected chi connectivity index (χ1v) is 4.88. The van der Waals surface area contributed by atoms with Crippen molar-refractivity contribution in [3.05, 3.63) is 0 Å². The summed E-state index contributed by atoms with van der Waals surface area (Å²) in [6.45, 7) is 4.74. The lowest BCUT2D eigenvalue weighted by atomic mass is 9.78. The molecule has 2 rings (SSSR count). The van der Waals surface area contributed by atoms with E-state index >= 15 is 0 Å². The molecule has 2 radical (unpaired) electrons. The van der Waals surface area contributed by atoms with Gasteiger partial charge in [0.05, 0.1) is 0 Å². The van der Waals surface area contributed by atoms with Gasteiger partial charge in [-0.05, 0) is 57.9 Å². The predicted molar refractivity (Wildman–Crippen MR) is 51.1 cm³/mol. The molecule has 2 aliphatic rings. The fourth-order valence-corrected chi connectivity index (χ4v) is 2.47. The van der Waals surface area contributed by atoms with Gasteiger partial charge < -0.3 is 9.71 Å². The van der Waals surface area contributed by atoms with Crippen molar-refractivity contribution in [2.45, 2.75) is 19.3 Å². The lowest BCUT2D eigenvalue weighted by Crippen LogP contribution is -2.39. The molecule has 2 saturated heterocycles. The van der Waals surface area contributed by atoms with E-state index in [9.17, 15) is 0 Å². The zero-order valence-corrected chi connectivity index (χ0v) is 7.92. The lowest BCUT2D eigenvalue weighted by molar-refractivity contribution is 0.135. The molecule has 0 N–H and O–H groups in total. The highest BCUT2D eigenvalue weighted by atomic mass is 15.1. The fourth-order valence-electron chi connectivity index (χ4n) is 2.47. The van der Waals surface area contributed by atoms with Crippen molar-refractivity contribution < 1.29 is 0 Å². The van der Waals surface area contributed by atoms with Crippen LogP contribution in [0.15, 0.2) is 0 Å². The van der Waals surface area contributed by atoms with Gasteiger partial charge in [0.1, 0.15) is 0 Å². The van der Waals surface area contributed by atoms with Gasteiger partial charge in [-0.3, -0.25) is 0 Å². The molecule has 66 valence electrons. The van der Waals surface area contributed by atoms with Crippen molar-refractivity contribution in [1.29, 1.82) is 0 Å². The molecule has 0 atom stereocenters. The third-order valence-electron chi connectivity index (χ3n) is 3.52. The average molecular weight is 164 g/mol. The summed E-state index contributed by atoms with van der Waals surface area (Å²) in [5.41, 5.74) is 0.585. The lowest BCUT2D eigenvalue weighted by Gasteiger charge is -2.37. The summed E-state index contributed by atoms with van der Waals surface area (Å²) in [6.07, 6.45) is 4.01. The molecule has 0 saturated carbocycles. The number of nitrogens with zero attached hydrogens (tertiary/aromatic N) is 2. The van der Waals surface area contributed by atoms with E-state index < -0.39 is 0 Å². The summed E-state index contributed by atoms with van der Waals surface area (Å²) in [5.74, 6) is 0. The van der Waals surface area contributed by atoms with Crippen LogP contribution in [0, 0.1) is 5.41 Å². The number of likely N-dealkylation sites (tertiary alicyclic amines) is 1. The third kappa shape index (κ3) is 1.53. The van der Waals surface area contributed by atoms with Crippen LogP contribution in [0.5, 0.6) is 0 Å². The Hall–Kier alpha value is -0.0151. The molecule has 0 aromatic carbocycles. The summed E-state index contributed by atoms with van der Waals surface area (Å²) in [6, 6.07) is 0. The fraction of sp³-hybridized carbons (Fsp3) is 1.00. The molecule has 2 fully saturated rings. The van der Waals surface area contributed by atoms with Crippen LogP contribution < -0.4 is 0 Å². The van der Waals surface area contributed by atoms with Gasteiger partial charge in [-0.15, -0.1) is 0 Å². The Kier molecular flexibility index (Phi) is 2.17. The Morgan fingerprint density at radius 2 is 1.67 bits per heavy atom. The molecule has 1 spiro atoms. The van der Waals surface area contributed by atoms with Crippen molar-refractivity contribution in [2.75, 3.05) is 33.2 Å². The Bertz CT molecular complexity index is 164. The van der Waals surface area contributed by atoms with E-state index in [0.29, 0.717) is 5.41 Å². The van der Waals surface area contributed by atoms with Crippen molar-refractivity contribution in [1.82, 2.24) is 9.71 Å². The second kappa shape index (κ2) is 3.04. The second-order valence-corrected chi connectivity index (χ2v) is 4.52. The number of rotatable bonds is 0. The van der Waals surface area contributed by atoms with Gasteiger partial charge in [0.15, 0.2) is 7.98 Å². The van der Waals surface area contributed by atoms with E-state index in [0.717, 1.165) is 13.1 Å². The third-order valence-corrected chi connectivity index (χ3v) is 3.52. The number of hydrogen-bond acceptors (Lipinski definition) is 2. The molecular formula is C9H17BN2. The van der Waals surface area contributed by atoms with E-state index in [-0.39, 0.29) is 0 Å². The monoisotopic (exact) mass is 164 g/mol. The molecule has 2 nitrogen and oxygen atoms in total. The highest BCUT2D eigenvalue weighted by Crippen LogP contribution is 2.39. The van der Waals surface area contributed by atoms with E-state index in [1.165, 1.54) is 32.4 Å². The van der Waals surface area contributed by atoms with Crippen molar-refractivity contribution in [3.63, 3.8) is 0 Å². The van der Waals surface area contributed by atoms with Gasteiger partial charge in [0.2, 0.25) is 0 Å². The Labute approximate surface area is 76.3 Å². The van der Waals surface area contributed by atoms with Crippen LogP contribution in [-0.2, 0) is 0 Å². The highest BCUT2D eigenvalue weighted by molar-refractivity contribution is 6.04. The Morgan fingerprint density at radius 1 is 1.08 bits per heavy atom. The van der Waals surface area contributed by atoms with Crippen molar-refractivity contribution >= 4 is 7.98 Å². The van der Waals surface area contributed by atoms with Crippen molar-refractivity contribution in [2.24, 2.45) is 5.41 Å². The van der Waals surface area contributed by atoms with Gasteiger partial charge >= 0.3 is 0 Å². The van der Waals surface area contributed by atoms with Crippen LogP contribution >= 0.6 is 0 Å². The molecule has 0 aromatic heterocycles. The molecule has 0 aromatic rings. The highest BCUT2D eigenvalue weighted by Gasteiger charge is 2.38. The van der Waals surface area contributed by atoms with E-state index in [1.54, 1.807) is 0 Å². The minimum absolute atomic E-state index is 0.585. The number of hydrogen-bond donors (Lipinski definition) is 0. The average Bonchev–Trinajstić information content (AvgIpc) is 2.40. The van der Waals surface area contributed by atoms with Gasteiger partial charge in [-0.1, -0.05) is 0 Å². The summed E-state index contributed by atoms with van der Waals surface area (Å²) >= 11 is 0. The Morgan fingerprint density at radius 3 is 2.17 bits per heavy atom.